The molecule has 1 aromatic heterocycles. The van der Waals surface area contributed by atoms with Crippen LogP contribution in [0, 0.1) is 5.92 Å². The number of aromatic nitrogens is 2. The molecular weight excluding hydrogens is 392 g/mol. The number of benzene rings is 1. The number of hydrogen-bond donors (Lipinski definition) is 2. The van der Waals surface area contributed by atoms with Gasteiger partial charge in [-0.2, -0.15) is 5.10 Å². The summed E-state index contributed by atoms with van der Waals surface area (Å²) >= 11 is 5.70. The minimum absolute atomic E-state index is 0.0120. The zero-order valence-electron chi connectivity index (χ0n) is 16.2. The average Bonchev–Trinajstić information content (AvgIpc) is 3.08. The smallest absolute Gasteiger partial charge is 0.256 e. The minimum atomic E-state index is -0.409. The molecule has 1 aliphatic rings. The van der Waals surface area contributed by atoms with E-state index in [4.69, 9.17) is 16.3 Å². The molecule has 0 bridgehead atoms. The molecule has 0 atom stereocenters. The van der Waals surface area contributed by atoms with Gasteiger partial charge in [0.15, 0.2) is 0 Å². The van der Waals surface area contributed by atoms with Crippen molar-refractivity contribution in [2.75, 3.05) is 23.8 Å². The van der Waals surface area contributed by atoms with Gasteiger partial charge in [0, 0.05) is 48.5 Å². The third-order valence-electron chi connectivity index (χ3n) is 4.76. The topological polar surface area (TPSA) is 85.3 Å². The number of nitrogens with one attached hydrogen (secondary N) is 2. The fourth-order valence-corrected chi connectivity index (χ4v) is 3.05. The van der Waals surface area contributed by atoms with Crippen molar-refractivity contribution in [2.45, 2.75) is 12.8 Å². The first-order valence-corrected chi connectivity index (χ1v) is 9.61. The monoisotopic (exact) mass is 414 g/mol. The third-order valence-corrected chi connectivity index (χ3v) is 4.99. The van der Waals surface area contributed by atoms with Gasteiger partial charge in [-0.15, -0.1) is 0 Å². The molecule has 0 aliphatic carbocycles. The zero-order valence-corrected chi connectivity index (χ0v) is 17.0. The molecule has 7 nitrogen and oxygen atoms in total. The van der Waals surface area contributed by atoms with Crippen molar-refractivity contribution >= 4 is 34.9 Å². The van der Waals surface area contributed by atoms with Gasteiger partial charge in [-0.1, -0.05) is 36.9 Å². The lowest BCUT2D eigenvalue weighted by Gasteiger charge is -2.21. The van der Waals surface area contributed by atoms with Gasteiger partial charge in [-0.25, -0.2) is 0 Å². The van der Waals surface area contributed by atoms with Gasteiger partial charge < -0.3 is 15.4 Å². The van der Waals surface area contributed by atoms with E-state index in [2.05, 4.69) is 28.9 Å². The normalized spacial score (nSPS) is 14.3. The summed E-state index contributed by atoms with van der Waals surface area (Å²) in [7, 11) is 1.78. The number of carbonyl (C=O) groups is 2. The number of anilines is 2. The number of ether oxygens (including phenoxy) is 1. The minimum Gasteiger partial charge on any atom is -0.381 e. The molecule has 2 N–H and O–H groups in total. The number of hydrogen-bond acceptors (Lipinski definition) is 4. The molecule has 1 aromatic carbocycles. The van der Waals surface area contributed by atoms with Gasteiger partial charge in [-0.3, -0.25) is 14.3 Å². The molecule has 0 saturated carbocycles. The molecule has 2 amide bonds. The second-order valence-electron chi connectivity index (χ2n) is 6.83. The maximum atomic E-state index is 12.4. The number of nitrogens with zero attached hydrogens (tertiary/aromatic N) is 2. The highest BCUT2D eigenvalue weighted by atomic mass is 35.5. The van der Waals surface area contributed by atoms with Crippen LogP contribution >= 0.6 is 11.6 Å². The fraction of sp³-hybridized carbons (Fsp3) is 0.286. The van der Waals surface area contributed by atoms with E-state index >= 15 is 0 Å². The van der Waals surface area contributed by atoms with E-state index in [0.717, 1.165) is 18.4 Å². The molecule has 1 fully saturated rings. The number of amides is 2. The molecule has 2 aromatic rings. The van der Waals surface area contributed by atoms with Crippen molar-refractivity contribution in [1.82, 2.24) is 9.78 Å². The SMILES string of the molecule is C=C(Cl)C(=C)C(=O)Nc1ccc(-c2cc(NC(=O)C3CCOCC3)n(C)n2)cc1. The summed E-state index contributed by atoms with van der Waals surface area (Å²) in [6.07, 6.45) is 1.46. The molecule has 8 heteroatoms. The summed E-state index contributed by atoms with van der Waals surface area (Å²) in [5.41, 5.74) is 2.28. The van der Waals surface area contributed by atoms with Crippen LogP contribution in [0.15, 0.2) is 54.1 Å². The average molecular weight is 415 g/mol. The molecular formula is C21H23ClN4O3. The van der Waals surface area contributed by atoms with E-state index in [1.165, 1.54) is 0 Å². The van der Waals surface area contributed by atoms with Crippen molar-refractivity contribution < 1.29 is 14.3 Å². The van der Waals surface area contributed by atoms with Gasteiger partial charge in [0.2, 0.25) is 5.91 Å². The lowest BCUT2D eigenvalue weighted by Crippen LogP contribution is -2.29. The summed E-state index contributed by atoms with van der Waals surface area (Å²) in [5.74, 6) is 0.172. The fourth-order valence-electron chi connectivity index (χ4n) is 2.97. The summed E-state index contributed by atoms with van der Waals surface area (Å²) < 4.78 is 6.94. The highest BCUT2D eigenvalue weighted by Gasteiger charge is 2.22. The molecule has 1 saturated heterocycles. The van der Waals surface area contributed by atoms with Crippen molar-refractivity contribution in [2.24, 2.45) is 13.0 Å². The van der Waals surface area contributed by atoms with Crippen LogP contribution in [0.4, 0.5) is 11.5 Å². The number of carbonyl (C=O) groups excluding carboxylic acids is 2. The molecule has 0 radical (unpaired) electrons. The zero-order chi connectivity index (χ0) is 21.0. The first-order chi connectivity index (χ1) is 13.8. The van der Waals surface area contributed by atoms with Crippen molar-refractivity contribution in [3.63, 3.8) is 0 Å². The lowest BCUT2D eigenvalue weighted by molar-refractivity contribution is -0.122. The van der Waals surface area contributed by atoms with Crippen LogP contribution in [-0.4, -0.2) is 34.8 Å². The summed E-state index contributed by atoms with van der Waals surface area (Å²) in [6.45, 7) is 8.31. The van der Waals surface area contributed by atoms with Crippen LogP contribution < -0.4 is 10.6 Å². The second-order valence-corrected chi connectivity index (χ2v) is 7.29. The third kappa shape index (κ3) is 5.13. The Morgan fingerprint density at radius 2 is 1.83 bits per heavy atom. The Labute approximate surface area is 174 Å². The Morgan fingerprint density at radius 1 is 1.17 bits per heavy atom. The summed E-state index contributed by atoms with van der Waals surface area (Å²) in [6, 6.07) is 9.00. The highest BCUT2D eigenvalue weighted by Crippen LogP contribution is 2.25. The molecule has 152 valence electrons. The lowest BCUT2D eigenvalue weighted by atomic mass is 9.99. The van der Waals surface area contributed by atoms with Crippen LogP contribution in [0.2, 0.25) is 0 Å². The van der Waals surface area contributed by atoms with E-state index in [1.54, 1.807) is 23.9 Å². The number of rotatable bonds is 6. The maximum Gasteiger partial charge on any atom is 0.256 e. The largest absolute Gasteiger partial charge is 0.381 e. The quantitative estimate of drug-likeness (QED) is 0.557. The summed E-state index contributed by atoms with van der Waals surface area (Å²) in [4.78, 5) is 24.4. The van der Waals surface area contributed by atoms with E-state index in [1.807, 2.05) is 18.2 Å². The van der Waals surface area contributed by atoms with Crippen LogP contribution in [0.3, 0.4) is 0 Å². The summed E-state index contributed by atoms with van der Waals surface area (Å²) in [5, 5.41) is 10.2. The van der Waals surface area contributed by atoms with Crippen molar-refractivity contribution in [3.8, 4) is 11.3 Å². The Kier molecular flexibility index (Phi) is 6.51. The van der Waals surface area contributed by atoms with Gasteiger partial charge in [0.25, 0.3) is 5.91 Å². The highest BCUT2D eigenvalue weighted by molar-refractivity contribution is 6.35. The predicted octanol–water partition coefficient (Wildman–Crippen LogP) is 3.70. The van der Waals surface area contributed by atoms with Crippen LogP contribution in [0.5, 0.6) is 0 Å². The maximum absolute atomic E-state index is 12.4. The Balaban J connectivity index is 1.67. The van der Waals surface area contributed by atoms with Gasteiger partial charge in [0.05, 0.1) is 11.3 Å². The Morgan fingerprint density at radius 3 is 2.45 bits per heavy atom. The first kappa shape index (κ1) is 20.8. The second kappa shape index (κ2) is 9.07. The molecule has 1 aliphatic heterocycles. The number of aryl methyl sites for hydroxylation is 1. The Bertz CT molecular complexity index is 943. The van der Waals surface area contributed by atoms with Crippen LogP contribution in [0.1, 0.15) is 12.8 Å². The standard InChI is InChI=1S/C21H23ClN4O3/c1-13(14(2)22)20(27)23-17-6-4-15(5-7-17)18-12-19(26(3)25-18)24-21(28)16-8-10-29-11-9-16/h4-7,12,16H,1-2,8-11H2,3H3,(H,23,27)(H,24,28). The van der Waals surface area contributed by atoms with E-state index in [-0.39, 0.29) is 22.4 Å². The van der Waals surface area contributed by atoms with Crippen molar-refractivity contribution in [3.05, 3.63) is 54.1 Å². The van der Waals surface area contributed by atoms with Crippen molar-refractivity contribution in [1.29, 1.82) is 0 Å². The van der Waals surface area contributed by atoms with Gasteiger partial charge >= 0.3 is 0 Å². The van der Waals surface area contributed by atoms with Gasteiger partial charge in [-0.05, 0) is 25.0 Å². The van der Waals surface area contributed by atoms with E-state index < -0.39 is 5.91 Å². The van der Waals surface area contributed by atoms with Gasteiger partial charge in [0.1, 0.15) is 5.82 Å². The molecule has 0 unspecified atom stereocenters. The van der Waals surface area contributed by atoms with Crippen LogP contribution in [-0.2, 0) is 21.4 Å². The predicted molar refractivity (Wildman–Crippen MR) is 114 cm³/mol. The number of halogens is 1. The molecule has 29 heavy (non-hydrogen) atoms. The van der Waals surface area contributed by atoms with E-state index in [9.17, 15) is 9.59 Å². The Hall–Kier alpha value is -2.90. The molecule has 2 heterocycles. The molecule has 0 spiro atoms. The van der Waals surface area contributed by atoms with E-state index in [0.29, 0.717) is 30.4 Å². The van der Waals surface area contributed by atoms with Crippen LogP contribution in [0.25, 0.3) is 11.3 Å². The molecule has 3 rings (SSSR count). The first-order valence-electron chi connectivity index (χ1n) is 9.23.